The molecular formula is C14H21ClN2. The lowest BCUT2D eigenvalue weighted by Gasteiger charge is -2.36. The first-order valence-corrected chi connectivity index (χ1v) is 6.72. The average Bonchev–Trinajstić information content (AvgIpc) is 2.27. The lowest BCUT2D eigenvalue weighted by molar-refractivity contribution is 0.122. The van der Waals surface area contributed by atoms with Crippen LogP contribution in [-0.2, 0) is 6.54 Å². The van der Waals surface area contributed by atoms with Crippen molar-refractivity contribution in [1.29, 1.82) is 0 Å². The maximum absolute atomic E-state index is 6.21. The van der Waals surface area contributed by atoms with E-state index < -0.39 is 0 Å². The third kappa shape index (κ3) is 3.14. The summed E-state index contributed by atoms with van der Waals surface area (Å²) in [5.74, 6) is 0.845. The number of halogens is 1. The summed E-state index contributed by atoms with van der Waals surface area (Å²) in [4.78, 5) is 2.50. The van der Waals surface area contributed by atoms with Gasteiger partial charge in [0.15, 0.2) is 0 Å². The number of hydrogen-bond donors (Lipinski definition) is 1. The van der Waals surface area contributed by atoms with Gasteiger partial charge in [0.05, 0.1) is 0 Å². The van der Waals surface area contributed by atoms with E-state index >= 15 is 0 Å². The summed E-state index contributed by atoms with van der Waals surface area (Å²) in [5, 5.41) is 0.824. The van der Waals surface area contributed by atoms with Gasteiger partial charge in [-0.1, -0.05) is 18.5 Å². The molecule has 1 fully saturated rings. The molecule has 1 aromatic carbocycles. The molecule has 0 bridgehead atoms. The Kier molecular flexibility index (Phi) is 3.95. The minimum atomic E-state index is 0.635. The molecular weight excluding hydrogens is 232 g/mol. The SMILES string of the molecule is CC1CCN(Cc2cc(N)ccc2Cl)C(C)C1. The van der Waals surface area contributed by atoms with Crippen molar-refractivity contribution in [2.24, 2.45) is 5.92 Å². The van der Waals surface area contributed by atoms with Crippen LogP contribution in [0.2, 0.25) is 5.02 Å². The summed E-state index contributed by atoms with van der Waals surface area (Å²) >= 11 is 6.21. The van der Waals surface area contributed by atoms with Gasteiger partial charge in [0.25, 0.3) is 0 Å². The zero-order valence-corrected chi connectivity index (χ0v) is 11.4. The summed E-state index contributed by atoms with van der Waals surface area (Å²) in [5.41, 5.74) is 7.75. The average molecular weight is 253 g/mol. The highest BCUT2D eigenvalue weighted by Crippen LogP contribution is 2.26. The monoisotopic (exact) mass is 252 g/mol. The zero-order valence-electron chi connectivity index (χ0n) is 10.6. The van der Waals surface area contributed by atoms with Crippen LogP contribution < -0.4 is 5.73 Å². The van der Waals surface area contributed by atoms with Gasteiger partial charge in [0, 0.05) is 23.3 Å². The fourth-order valence-electron chi connectivity index (χ4n) is 2.63. The van der Waals surface area contributed by atoms with Gasteiger partial charge in [-0.2, -0.15) is 0 Å². The van der Waals surface area contributed by atoms with E-state index in [4.69, 9.17) is 17.3 Å². The van der Waals surface area contributed by atoms with Crippen LogP contribution in [0.4, 0.5) is 5.69 Å². The Hall–Kier alpha value is -0.730. The van der Waals surface area contributed by atoms with Crippen LogP contribution in [0.1, 0.15) is 32.3 Å². The Bertz CT molecular complexity index is 392. The van der Waals surface area contributed by atoms with Gasteiger partial charge < -0.3 is 5.73 Å². The fourth-order valence-corrected chi connectivity index (χ4v) is 2.80. The van der Waals surface area contributed by atoms with Gasteiger partial charge in [-0.15, -0.1) is 0 Å². The van der Waals surface area contributed by atoms with Crippen molar-refractivity contribution in [2.75, 3.05) is 12.3 Å². The Morgan fingerprint density at radius 1 is 1.41 bits per heavy atom. The summed E-state index contributed by atoms with van der Waals surface area (Å²) < 4.78 is 0. The van der Waals surface area contributed by atoms with Crippen LogP contribution in [-0.4, -0.2) is 17.5 Å². The molecule has 0 aromatic heterocycles. The van der Waals surface area contributed by atoms with Crippen LogP contribution in [0, 0.1) is 5.92 Å². The van der Waals surface area contributed by atoms with Crippen molar-refractivity contribution < 1.29 is 0 Å². The molecule has 0 aliphatic carbocycles. The van der Waals surface area contributed by atoms with Gasteiger partial charge in [-0.25, -0.2) is 0 Å². The molecule has 3 heteroatoms. The quantitative estimate of drug-likeness (QED) is 0.816. The van der Waals surface area contributed by atoms with Crippen molar-refractivity contribution >= 4 is 17.3 Å². The first kappa shape index (κ1) is 12.7. The second kappa shape index (κ2) is 5.28. The first-order valence-electron chi connectivity index (χ1n) is 6.34. The van der Waals surface area contributed by atoms with Gasteiger partial charge in [0.1, 0.15) is 0 Å². The van der Waals surface area contributed by atoms with Crippen molar-refractivity contribution in [3.8, 4) is 0 Å². The molecule has 1 aliphatic rings. The summed E-state index contributed by atoms with van der Waals surface area (Å²) in [6, 6.07) is 6.38. The molecule has 2 N–H and O–H groups in total. The number of hydrogen-bond acceptors (Lipinski definition) is 2. The number of likely N-dealkylation sites (tertiary alicyclic amines) is 1. The minimum absolute atomic E-state index is 0.635. The predicted molar refractivity (Wildman–Crippen MR) is 74.1 cm³/mol. The topological polar surface area (TPSA) is 29.3 Å². The first-order chi connectivity index (χ1) is 8.06. The van der Waals surface area contributed by atoms with E-state index in [2.05, 4.69) is 18.7 Å². The molecule has 0 radical (unpaired) electrons. The van der Waals surface area contributed by atoms with Crippen LogP contribution in [0.3, 0.4) is 0 Å². The molecule has 2 atom stereocenters. The second-order valence-corrected chi connectivity index (χ2v) is 5.71. The van der Waals surface area contributed by atoms with Gasteiger partial charge >= 0.3 is 0 Å². The Morgan fingerprint density at radius 2 is 2.18 bits per heavy atom. The largest absolute Gasteiger partial charge is 0.399 e. The van der Waals surface area contributed by atoms with Crippen molar-refractivity contribution in [1.82, 2.24) is 4.90 Å². The van der Waals surface area contributed by atoms with E-state index in [1.54, 1.807) is 0 Å². The normalized spacial score (nSPS) is 26.1. The predicted octanol–water partition coefficient (Wildman–Crippen LogP) is 3.54. The van der Waals surface area contributed by atoms with E-state index in [-0.39, 0.29) is 0 Å². The lowest BCUT2D eigenvalue weighted by atomic mass is 9.93. The number of nitrogens with zero attached hydrogens (tertiary/aromatic N) is 1. The van der Waals surface area contributed by atoms with Gasteiger partial charge in [0.2, 0.25) is 0 Å². The maximum atomic E-state index is 6.21. The van der Waals surface area contributed by atoms with E-state index in [1.807, 2.05) is 18.2 Å². The van der Waals surface area contributed by atoms with Crippen molar-refractivity contribution in [3.05, 3.63) is 28.8 Å². The van der Waals surface area contributed by atoms with Crippen LogP contribution >= 0.6 is 11.6 Å². The van der Waals surface area contributed by atoms with Crippen molar-refractivity contribution in [2.45, 2.75) is 39.3 Å². The third-order valence-corrected chi connectivity index (χ3v) is 4.09. The Morgan fingerprint density at radius 3 is 2.88 bits per heavy atom. The standard InChI is InChI=1S/C14H21ClN2/c1-10-5-6-17(11(2)7-10)9-12-8-13(16)3-4-14(12)15/h3-4,8,10-11H,5-7,9,16H2,1-2H3. The molecule has 1 aliphatic heterocycles. The molecule has 0 spiro atoms. The molecule has 1 aromatic rings. The Balaban J connectivity index is 2.07. The molecule has 0 amide bonds. The number of nitrogens with two attached hydrogens (primary N) is 1. The van der Waals surface area contributed by atoms with Crippen LogP contribution in [0.5, 0.6) is 0 Å². The van der Waals surface area contributed by atoms with E-state index in [0.29, 0.717) is 6.04 Å². The van der Waals surface area contributed by atoms with Gasteiger partial charge in [-0.05, 0) is 56.0 Å². The highest BCUT2D eigenvalue weighted by atomic mass is 35.5. The second-order valence-electron chi connectivity index (χ2n) is 5.30. The summed E-state index contributed by atoms with van der Waals surface area (Å²) in [7, 11) is 0. The molecule has 94 valence electrons. The summed E-state index contributed by atoms with van der Waals surface area (Å²) in [6.45, 7) is 6.71. The van der Waals surface area contributed by atoms with Gasteiger partial charge in [-0.3, -0.25) is 4.90 Å². The number of piperidine rings is 1. The molecule has 1 saturated heterocycles. The highest BCUT2D eigenvalue weighted by Gasteiger charge is 2.23. The van der Waals surface area contributed by atoms with Crippen molar-refractivity contribution in [3.63, 3.8) is 0 Å². The molecule has 17 heavy (non-hydrogen) atoms. The number of benzene rings is 1. The zero-order chi connectivity index (χ0) is 12.4. The van der Waals surface area contributed by atoms with E-state index in [9.17, 15) is 0 Å². The Labute approximate surface area is 109 Å². The molecule has 2 unspecified atom stereocenters. The highest BCUT2D eigenvalue weighted by molar-refractivity contribution is 6.31. The molecule has 0 saturated carbocycles. The molecule has 1 heterocycles. The minimum Gasteiger partial charge on any atom is -0.399 e. The third-order valence-electron chi connectivity index (χ3n) is 3.72. The number of nitrogen functional groups attached to an aromatic ring is 1. The van der Waals surface area contributed by atoms with Crippen LogP contribution in [0.15, 0.2) is 18.2 Å². The van der Waals surface area contributed by atoms with E-state index in [1.165, 1.54) is 12.8 Å². The molecule has 2 nitrogen and oxygen atoms in total. The maximum Gasteiger partial charge on any atom is 0.0452 e. The molecule has 2 rings (SSSR count). The van der Waals surface area contributed by atoms with Crippen LogP contribution in [0.25, 0.3) is 0 Å². The number of anilines is 1. The fraction of sp³-hybridized carbons (Fsp3) is 0.571. The smallest absolute Gasteiger partial charge is 0.0452 e. The van der Waals surface area contributed by atoms with E-state index in [0.717, 1.165) is 35.3 Å². The number of rotatable bonds is 2. The summed E-state index contributed by atoms with van der Waals surface area (Å²) in [6.07, 6.45) is 2.56. The lowest BCUT2D eigenvalue weighted by Crippen LogP contribution is -2.39.